The lowest BCUT2D eigenvalue weighted by Gasteiger charge is -2.17. The van der Waals surface area contributed by atoms with E-state index >= 15 is 0 Å². The van der Waals surface area contributed by atoms with Gasteiger partial charge in [0.15, 0.2) is 0 Å². The van der Waals surface area contributed by atoms with Crippen LogP contribution >= 0.6 is 0 Å². The van der Waals surface area contributed by atoms with Crippen molar-refractivity contribution in [2.24, 2.45) is 5.73 Å². The van der Waals surface area contributed by atoms with E-state index in [9.17, 15) is 4.79 Å². The summed E-state index contributed by atoms with van der Waals surface area (Å²) >= 11 is 0. The first-order valence-electron chi connectivity index (χ1n) is 7.16. The van der Waals surface area contributed by atoms with Crippen molar-refractivity contribution in [3.05, 3.63) is 17.5 Å². The highest BCUT2D eigenvalue weighted by atomic mass is 16.2. The average molecular weight is 266 g/mol. The molecule has 0 spiro atoms. The molecule has 0 aliphatic rings. The highest BCUT2D eigenvalue weighted by Crippen LogP contribution is 2.09. The Bertz CT molecular complexity index is 400. The summed E-state index contributed by atoms with van der Waals surface area (Å²) < 4.78 is 1.79. The number of amides is 1. The fourth-order valence-electron chi connectivity index (χ4n) is 2.02. The summed E-state index contributed by atoms with van der Waals surface area (Å²) in [6.45, 7) is 6.27. The van der Waals surface area contributed by atoms with Gasteiger partial charge in [0.1, 0.15) is 5.69 Å². The van der Waals surface area contributed by atoms with Crippen molar-refractivity contribution in [2.75, 3.05) is 20.1 Å². The Morgan fingerprint density at radius 2 is 2.11 bits per heavy atom. The predicted molar refractivity (Wildman–Crippen MR) is 77.1 cm³/mol. The van der Waals surface area contributed by atoms with Crippen LogP contribution in [0.1, 0.15) is 49.3 Å². The number of rotatable bonds is 8. The molecule has 5 heteroatoms. The minimum atomic E-state index is 0.0572. The third-order valence-corrected chi connectivity index (χ3v) is 3.26. The van der Waals surface area contributed by atoms with Crippen molar-refractivity contribution in [1.82, 2.24) is 14.7 Å². The highest BCUT2D eigenvalue weighted by Gasteiger charge is 2.17. The lowest BCUT2D eigenvalue weighted by molar-refractivity contribution is 0.0780. The van der Waals surface area contributed by atoms with Gasteiger partial charge in [-0.05, 0) is 38.8 Å². The van der Waals surface area contributed by atoms with E-state index in [-0.39, 0.29) is 5.91 Å². The van der Waals surface area contributed by atoms with Crippen LogP contribution in [0.4, 0.5) is 0 Å². The van der Waals surface area contributed by atoms with Gasteiger partial charge in [-0.3, -0.25) is 9.48 Å². The van der Waals surface area contributed by atoms with Crippen LogP contribution in [0.5, 0.6) is 0 Å². The molecular weight excluding hydrogens is 240 g/mol. The van der Waals surface area contributed by atoms with Crippen LogP contribution in [0.3, 0.4) is 0 Å². The standard InChI is InChI=1S/C14H26N4O/c1-4-12-11-13(18(5-2)16-12)14(19)17(3)10-8-6-7-9-15/h11H,4-10,15H2,1-3H3. The van der Waals surface area contributed by atoms with Crippen molar-refractivity contribution < 1.29 is 4.79 Å². The van der Waals surface area contributed by atoms with E-state index in [0.29, 0.717) is 5.69 Å². The van der Waals surface area contributed by atoms with E-state index in [4.69, 9.17) is 5.73 Å². The SMILES string of the molecule is CCc1cc(C(=O)N(C)CCCCCN)n(CC)n1. The molecule has 19 heavy (non-hydrogen) atoms. The first-order chi connectivity index (χ1) is 9.13. The molecule has 0 aliphatic heterocycles. The first kappa shape index (κ1) is 15.7. The third kappa shape index (κ3) is 4.35. The molecule has 0 saturated carbocycles. The third-order valence-electron chi connectivity index (χ3n) is 3.26. The van der Waals surface area contributed by atoms with Crippen LogP contribution in [0.15, 0.2) is 6.07 Å². The maximum absolute atomic E-state index is 12.4. The Balaban J connectivity index is 2.62. The van der Waals surface area contributed by atoms with Crippen LogP contribution < -0.4 is 5.73 Å². The quantitative estimate of drug-likeness (QED) is 0.728. The Morgan fingerprint density at radius 3 is 2.68 bits per heavy atom. The molecule has 0 aromatic carbocycles. The van der Waals surface area contributed by atoms with Gasteiger partial charge in [0.05, 0.1) is 5.69 Å². The summed E-state index contributed by atoms with van der Waals surface area (Å²) in [5, 5.41) is 4.41. The van der Waals surface area contributed by atoms with E-state index in [1.807, 2.05) is 27.0 Å². The summed E-state index contributed by atoms with van der Waals surface area (Å²) in [5.41, 5.74) is 7.13. The Hall–Kier alpha value is -1.36. The van der Waals surface area contributed by atoms with Crippen LogP contribution in [-0.4, -0.2) is 40.7 Å². The van der Waals surface area contributed by atoms with Gasteiger partial charge in [0, 0.05) is 20.1 Å². The molecule has 0 unspecified atom stereocenters. The molecule has 108 valence electrons. The van der Waals surface area contributed by atoms with E-state index in [2.05, 4.69) is 5.10 Å². The van der Waals surface area contributed by atoms with Crippen LogP contribution in [0.25, 0.3) is 0 Å². The monoisotopic (exact) mass is 266 g/mol. The lowest BCUT2D eigenvalue weighted by Crippen LogP contribution is -2.29. The maximum atomic E-state index is 12.4. The average Bonchev–Trinajstić information content (AvgIpc) is 2.85. The molecule has 5 nitrogen and oxygen atoms in total. The second-order valence-electron chi connectivity index (χ2n) is 4.77. The van der Waals surface area contributed by atoms with Gasteiger partial charge >= 0.3 is 0 Å². The minimum Gasteiger partial charge on any atom is -0.340 e. The van der Waals surface area contributed by atoms with Crippen LogP contribution in [0, 0.1) is 0 Å². The van der Waals surface area contributed by atoms with Crippen molar-refractivity contribution >= 4 is 5.91 Å². The Morgan fingerprint density at radius 1 is 1.37 bits per heavy atom. The molecule has 1 amide bonds. The molecule has 0 fully saturated rings. The van der Waals surface area contributed by atoms with Gasteiger partial charge in [0.25, 0.3) is 5.91 Å². The van der Waals surface area contributed by atoms with Gasteiger partial charge in [-0.1, -0.05) is 13.3 Å². The van der Waals surface area contributed by atoms with Gasteiger partial charge in [0.2, 0.25) is 0 Å². The van der Waals surface area contributed by atoms with E-state index in [1.165, 1.54) is 0 Å². The van der Waals surface area contributed by atoms with Crippen molar-refractivity contribution in [3.63, 3.8) is 0 Å². The molecule has 1 heterocycles. The predicted octanol–water partition coefficient (Wildman–Crippen LogP) is 1.67. The summed E-state index contributed by atoms with van der Waals surface area (Å²) in [6, 6.07) is 1.90. The largest absolute Gasteiger partial charge is 0.340 e. The number of hydrogen-bond acceptors (Lipinski definition) is 3. The Labute approximate surface area is 115 Å². The van der Waals surface area contributed by atoms with Gasteiger partial charge in [-0.15, -0.1) is 0 Å². The zero-order chi connectivity index (χ0) is 14.3. The molecule has 0 atom stereocenters. The molecule has 1 aromatic rings. The van der Waals surface area contributed by atoms with Crippen LogP contribution in [0.2, 0.25) is 0 Å². The summed E-state index contributed by atoms with van der Waals surface area (Å²) in [4.78, 5) is 14.1. The lowest BCUT2D eigenvalue weighted by atomic mass is 10.2. The maximum Gasteiger partial charge on any atom is 0.271 e. The molecule has 2 N–H and O–H groups in total. The van der Waals surface area contributed by atoms with Crippen molar-refractivity contribution in [1.29, 1.82) is 0 Å². The second kappa shape index (κ2) is 7.94. The summed E-state index contributed by atoms with van der Waals surface area (Å²) in [7, 11) is 1.85. The number of hydrogen-bond donors (Lipinski definition) is 1. The minimum absolute atomic E-state index is 0.0572. The zero-order valence-electron chi connectivity index (χ0n) is 12.4. The Kier molecular flexibility index (Phi) is 6.56. The molecule has 0 aliphatic carbocycles. The molecule has 1 rings (SSSR count). The van der Waals surface area contributed by atoms with Crippen molar-refractivity contribution in [3.8, 4) is 0 Å². The number of aromatic nitrogens is 2. The highest BCUT2D eigenvalue weighted by molar-refractivity contribution is 5.92. The molecule has 0 radical (unpaired) electrons. The molecule has 1 aromatic heterocycles. The number of nitrogens with zero attached hydrogens (tertiary/aromatic N) is 3. The van der Waals surface area contributed by atoms with Crippen LogP contribution in [-0.2, 0) is 13.0 Å². The summed E-state index contributed by atoms with van der Waals surface area (Å²) in [6.07, 6.45) is 3.95. The van der Waals surface area contributed by atoms with Crippen molar-refractivity contribution in [2.45, 2.75) is 46.1 Å². The fourth-order valence-corrected chi connectivity index (χ4v) is 2.02. The number of carbonyl (C=O) groups excluding carboxylic acids is 1. The molecule has 0 saturated heterocycles. The normalized spacial score (nSPS) is 10.7. The number of nitrogens with two attached hydrogens (primary N) is 1. The first-order valence-corrected chi connectivity index (χ1v) is 7.16. The van der Waals surface area contributed by atoms with Gasteiger partial charge in [-0.2, -0.15) is 5.10 Å². The van der Waals surface area contributed by atoms with E-state index in [0.717, 1.165) is 51.0 Å². The summed E-state index contributed by atoms with van der Waals surface area (Å²) in [5.74, 6) is 0.0572. The fraction of sp³-hybridized carbons (Fsp3) is 0.714. The molecule has 0 bridgehead atoms. The number of carbonyl (C=O) groups is 1. The smallest absolute Gasteiger partial charge is 0.271 e. The zero-order valence-corrected chi connectivity index (χ0v) is 12.4. The van der Waals surface area contributed by atoms with Gasteiger partial charge < -0.3 is 10.6 Å². The second-order valence-corrected chi connectivity index (χ2v) is 4.77. The van der Waals surface area contributed by atoms with E-state index in [1.54, 1.807) is 9.58 Å². The number of aryl methyl sites for hydroxylation is 2. The van der Waals surface area contributed by atoms with Gasteiger partial charge in [-0.25, -0.2) is 0 Å². The topological polar surface area (TPSA) is 64.2 Å². The van der Waals surface area contributed by atoms with E-state index < -0.39 is 0 Å². The molecular formula is C14H26N4O. The number of unbranched alkanes of at least 4 members (excludes halogenated alkanes) is 2.